The van der Waals surface area contributed by atoms with E-state index >= 15 is 0 Å². The van der Waals surface area contributed by atoms with Crippen LogP contribution in [0.5, 0.6) is 0 Å². The number of aliphatic imine (C=N–C) groups is 2. The third kappa shape index (κ3) is 6.33. The SMILES string of the molecule is CN(C)C=NC1=Nc2ccccc2C1.CO.c1ccccc1. The van der Waals surface area contributed by atoms with Crippen molar-refractivity contribution in [2.45, 2.75) is 6.42 Å². The largest absolute Gasteiger partial charge is 0.400 e. The molecule has 1 aliphatic heterocycles. The average Bonchev–Trinajstić information content (AvgIpc) is 3.00. The highest BCUT2D eigenvalue weighted by atomic mass is 16.2. The summed E-state index contributed by atoms with van der Waals surface area (Å²) in [6.45, 7) is 0. The summed E-state index contributed by atoms with van der Waals surface area (Å²) in [6, 6.07) is 20.2. The number of fused-ring (bicyclic) bond motifs is 1. The second-order valence-corrected chi connectivity index (χ2v) is 4.70. The molecule has 3 rings (SSSR count). The Balaban J connectivity index is 0.000000253. The molecule has 0 radical (unpaired) electrons. The van der Waals surface area contributed by atoms with Gasteiger partial charge in [-0.3, -0.25) is 0 Å². The molecule has 1 N–H and O–H groups in total. The predicted molar refractivity (Wildman–Crippen MR) is 94.0 cm³/mol. The zero-order valence-electron chi connectivity index (χ0n) is 13.3. The van der Waals surface area contributed by atoms with E-state index in [1.165, 1.54) is 5.56 Å². The minimum absolute atomic E-state index is 0.848. The van der Waals surface area contributed by atoms with Crippen molar-refractivity contribution in [3.05, 3.63) is 66.2 Å². The molecule has 0 saturated carbocycles. The third-order valence-corrected chi connectivity index (χ3v) is 2.69. The highest BCUT2D eigenvalue weighted by molar-refractivity contribution is 5.96. The Morgan fingerprint density at radius 3 is 2.00 bits per heavy atom. The van der Waals surface area contributed by atoms with Gasteiger partial charge in [-0.1, -0.05) is 54.6 Å². The summed E-state index contributed by atoms with van der Waals surface area (Å²) in [6.07, 6.45) is 2.63. The molecule has 0 aromatic heterocycles. The molecule has 116 valence electrons. The van der Waals surface area contributed by atoms with E-state index in [-0.39, 0.29) is 0 Å². The Bertz CT molecular complexity index is 566. The first-order valence-electron chi connectivity index (χ1n) is 7.06. The summed E-state index contributed by atoms with van der Waals surface area (Å²) in [5, 5.41) is 7.00. The van der Waals surface area contributed by atoms with Crippen LogP contribution < -0.4 is 0 Å². The zero-order valence-corrected chi connectivity index (χ0v) is 13.3. The quantitative estimate of drug-likeness (QED) is 0.649. The molecule has 4 nitrogen and oxygen atoms in total. The summed E-state index contributed by atoms with van der Waals surface area (Å²) >= 11 is 0. The second kappa shape index (κ2) is 10.3. The summed E-state index contributed by atoms with van der Waals surface area (Å²) in [7, 11) is 4.90. The molecule has 0 unspecified atom stereocenters. The van der Waals surface area contributed by atoms with Gasteiger partial charge >= 0.3 is 0 Å². The van der Waals surface area contributed by atoms with Crippen LogP contribution in [-0.4, -0.2) is 43.4 Å². The van der Waals surface area contributed by atoms with E-state index in [2.05, 4.69) is 16.1 Å². The number of hydrogen-bond donors (Lipinski definition) is 1. The van der Waals surface area contributed by atoms with Crippen LogP contribution in [0.2, 0.25) is 0 Å². The molecule has 22 heavy (non-hydrogen) atoms. The van der Waals surface area contributed by atoms with Gasteiger partial charge in [-0.05, 0) is 11.6 Å². The summed E-state index contributed by atoms with van der Waals surface area (Å²) in [4.78, 5) is 10.6. The lowest BCUT2D eigenvalue weighted by Crippen LogP contribution is -2.09. The summed E-state index contributed by atoms with van der Waals surface area (Å²) in [5.41, 5.74) is 2.32. The van der Waals surface area contributed by atoms with E-state index < -0.39 is 0 Å². The third-order valence-electron chi connectivity index (χ3n) is 2.69. The lowest BCUT2D eigenvalue weighted by molar-refractivity contribution is 0.399. The van der Waals surface area contributed by atoms with Gasteiger partial charge in [0, 0.05) is 27.6 Å². The number of aliphatic hydroxyl groups excluding tert-OH is 1. The Morgan fingerprint density at radius 1 is 0.955 bits per heavy atom. The van der Waals surface area contributed by atoms with Crippen LogP contribution in [0, 0.1) is 0 Å². The standard InChI is InChI=1S/C11H13N3.C6H6.CH4O/c1-14(2)8-12-11-7-9-5-3-4-6-10(9)13-11;1-2-4-6-5-3-1;1-2/h3-6,8H,7H2,1-2H3;1-6H;2H,1H3. The van der Waals surface area contributed by atoms with Gasteiger partial charge in [0.25, 0.3) is 0 Å². The van der Waals surface area contributed by atoms with E-state index in [4.69, 9.17) is 5.11 Å². The number of nitrogens with zero attached hydrogens (tertiary/aromatic N) is 3. The average molecular weight is 297 g/mol. The Hall–Kier alpha value is -2.46. The maximum atomic E-state index is 7.00. The van der Waals surface area contributed by atoms with Crippen molar-refractivity contribution in [2.24, 2.45) is 9.98 Å². The van der Waals surface area contributed by atoms with E-state index in [1.807, 2.05) is 73.6 Å². The zero-order chi connectivity index (χ0) is 16.2. The van der Waals surface area contributed by atoms with Crippen LogP contribution in [-0.2, 0) is 6.42 Å². The Labute approximate surface area is 132 Å². The van der Waals surface area contributed by atoms with Crippen molar-refractivity contribution in [2.75, 3.05) is 21.2 Å². The Kier molecular flexibility index (Phi) is 8.23. The molecular weight excluding hydrogens is 274 g/mol. The van der Waals surface area contributed by atoms with Gasteiger partial charge < -0.3 is 10.0 Å². The minimum atomic E-state index is 0.848. The van der Waals surface area contributed by atoms with E-state index in [0.717, 1.165) is 25.1 Å². The first kappa shape index (κ1) is 17.6. The Morgan fingerprint density at radius 2 is 1.50 bits per heavy atom. The molecule has 0 aliphatic carbocycles. The number of rotatable bonds is 1. The summed E-state index contributed by atoms with van der Waals surface area (Å²) in [5.74, 6) is 0.889. The van der Waals surface area contributed by atoms with Crippen LogP contribution >= 0.6 is 0 Å². The van der Waals surface area contributed by atoms with Crippen molar-refractivity contribution in [3.8, 4) is 0 Å². The molecule has 0 amide bonds. The topological polar surface area (TPSA) is 48.2 Å². The van der Waals surface area contributed by atoms with Crippen LogP contribution in [0.15, 0.2) is 70.6 Å². The highest BCUT2D eigenvalue weighted by Gasteiger charge is 2.11. The number of amidine groups is 1. The highest BCUT2D eigenvalue weighted by Crippen LogP contribution is 2.25. The van der Waals surface area contributed by atoms with Crippen LogP contribution in [0.1, 0.15) is 5.56 Å². The van der Waals surface area contributed by atoms with Gasteiger partial charge in [0.05, 0.1) is 12.0 Å². The van der Waals surface area contributed by atoms with Gasteiger partial charge in [-0.15, -0.1) is 0 Å². The minimum Gasteiger partial charge on any atom is -0.400 e. The number of benzene rings is 2. The van der Waals surface area contributed by atoms with Crippen LogP contribution in [0.25, 0.3) is 0 Å². The molecule has 0 saturated heterocycles. The van der Waals surface area contributed by atoms with Crippen molar-refractivity contribution in [1.29, 1.82) is 0 Å². The van der Waals surface area contributed by atoms with E-state index in [0.29, 0.717) is 0 Å². The van der Waals surface area contributed by atoms with Crippen LogP contribution in [0.4, 0.5) is 5.69 Å². The van der Waals surface area contributed by atoms with Crippen molar-refractivity contribution in [3.63, 3.8) is 0 Å². The van der Waals surface area contributed by atoms with Gasteiger partial charge in [-0.2, -0.15) is 0 Å². The lowest BCUT2D eigenvalue weighted by Gasteiger charge is -2.01. The smallest absolute Gasteiger partial charge is 0.135 e. The molecular formula is C18H23N3O. The molecule has 0 atom stereocenters. The number of aliphatic hydroxyl groups is 1. The lowest BCUT2D eigenvalue weighted by atomic mass is 10.1. The van der Waals surface area contributed by atoms with Crippen molar-refractivity contribution >= 4 is 17.9 Å². The van der Waals surface area contributed by atoms with Crippen molar-refractivity contribution < 1.29 is 5.11 Å². The fourth-order valence-corrected chi connectivity index (χ4v) is 1.76. The van der Waals surface area contributed by atoms with Crippen LogP contribution in [0.3, 0.4) is 0 Å². The molecule has 0 bridgehead atoms. The number of hydrogen-bond acceptors (Lipinski definition) is 3. The predicted octanol–water partition coefficient (Wildman–Crippen LogP) is 3.16. The fourth-order valence-electron chi connectivity index (χ4n) is 1.76. The maximum absolute atomic E-state index is 7.00. The second-order valence-electron chi connectivity index (χ2n) is 4.70. The molecule has 4 heteroatoms. The monoisotopic (exact) mass is 297 g/mol. The molecule has 2 aromatic carbocycles. The first-order chi connectivity index (χ1) is 10.8. The van der Waals surface area contributed by atoms with Gasteiger partial charge in [-0.25, -0.2) is 9.98 Å². The molecule has 2 aromatic rings. The van der Waals surface area contributed by atoms with Crippen molar-refractivity contribution in [1.82, 2.24) is 4.90 Å². The molecule has 1 heterocycles. The molecule has 1 aliphatic rings. The maximum Gasteiger partial charge on any atom is 0.135 e. The fraction of sp³-hybridized carbons (Fsp3) is 0.222. The molecule has 0 spiro atoms. The van der Waals surface area contributed by atoms with E-state index in [1.54, 1.807) is 6.34 Å². The van der Waals surface area contributed by atoms with Gasteiger partial charge in [0.1, 0.15) is 5.84 Å². The first-order valence-corrected chi connectivity index (χ1v) is 7.06. The summed E-state index contributed by atoms with van der Waals surface area (Å²) < 4.78 is 0. The number of para-hydroxylation sites is 1. The molecule has 0 fully saturated rings. The van der Waals surface area contributed by atoms with E-state index in [9.17, 15) is 0 Å². The normalized spacial score (nSPS) is 11.5. The van der Waals surface area contributed by atoms with Gasteiger partial charge in [0.2, 0.25) is 0 Å². The van der Waals surface area contributed by atoms with Gasteiger partial charge in [0.15, 0.2) is 0 Å².